The topological polar surface area (TPSA) is 55.6 Å². The van der Waals surface area contributed by atoms with Crippen molar-refractivity contribution in [2.24, 2.45) is 5.73 Å². The molecule has 0 aromatic heterocycles. The van der Waals surface area contributed by atoms with Crippen molar-refractivity contribution in [2.45, 2.75) is 25.3 Å². The molecule has 1 amide bonds. The van der Waals surface area contributed by atoms with E-state index in [9.17, 15) is 4.79 Å². The van der Waals surface area contributed by atoms with Gasteiger partial charge >= 0.3 is 0 Å². The van der Waals surface area contributed by atoms with Crippen LogP contribution in [0.1, 0.15) is 19.3 Å². The van der Waals surface area contributed by atoms with Crippen molar-refractivity contribution < 1.29 is 9.53 Å². The van der Waals surface area contributed by atoms with E-state index in [-0.39, 0.29) is 11.9 Å². The number of carbonyl (C=O) groups is 1. The lowest BCUT2D eigenvalue weighted by Crippen LogP contribution is -2.49. The SMILES string of the molecule is C=CCCOCCN1CCCC(N)C1=O. The second kappa shape index (κ2) is 6.58. The molecule has 1 heterocycles. The van der Waals surface area contributed by atoms with Gasteiger partial charge in [-0.3, -0.25) is 4.79 Å². The number of hydrogen-bond acceptors (Lipinski definition) is 3. The van der Waals surface area contributed by atoms with E-state index in [1.807, 2.05) is 6.08 Å². The Hall–Kier alpha value is -0.870. The molecule has 0 bridgehead atoms. The van der Waals surface area contributed by atoms with E-state index >= 15 is 0 Å². The molecular weight excluding hydrogens is 192 g/mol. The number of nitrogens with two attached hydrogens (primary N) is 1. The van der Waals surface area contributed by atoms with Crippen LogP contribution in [0.5, 0.6) is 0 Å². The van der Waals surface area contributed by atoms with Crippen molar-refractivity contribution in [1.29, 1.82) is 0 Å². The molecule has 1 atom stereocenters. The van der Waals surface area contributed by atoms with Crippen LogP contribution in [0.25, 0.3) is 0 Å². The molecule has 1 fully saturated rings. The highest BCUT2D eigenvalue weighted by Crippen LogP contribution is 2.09. The Bertz CT molecular complexity index is 219. The molecule has 1 rings (SSSR count). The van der Waals surface area contributed by atoms with Crippen LogP contribution in [0, 0.1) is 0 Å². The van der Waals surface area contributed by atoms with Crippen LogP contribution in [0.3, 0.4) is 0 Å². The molecule has 1 aliphatic heterocycles. The summed E-state index contributed by atoms with van der Waals surface area (Å²) in [6.45, 7) is 6.35. The third kappa shape index (κ3) is 4.01. The first-order valence-corrected chi connectivity index (χ1v) is 5.48. The molecule has 15 heavy (non-hydrogen) atoms. The molecule has 4 nitrogen and oxygen atoms in total. The lowest BCUT2D eigenvalue weighted by Gasteiger charge is -2.30. The summed E-state index contributed by atoms with van der Waals surface area (Å²) in [7, 11) is 0. The van der Waals surface area contributed by atoms with Gasteiger partial charge in [-0.25, -0.2) is 0 Å². The third-order valence-corrected chi connectivity index (χ3v) is 2.54. The van der Waals surface area contributed by atoms with Crippen LogP contribution in [0.15, 0.2) is 12.7 Å². The minimum atomic E-state index is -0.299. The highest BCUT2D eigenvalue weighted by atomic mass is 16.5. The van der Waals surface area contributed by atoms with Gasteiger partial charge in [0.05, 0.1) is 19.3 Å². The van der Waals surface area contributed by atoms with Gasteiger partial charge in [0.25, 0.3) is 0 Å². The average molecular weight is 212 g/mol. The normalized spacial score (nSPS) is 21.8. The van der Waals surface area contributed by atoms with Crippen LogP contribution in [-0.4, -0.2) is 43.2 Å². The van der Waals surface area contributed by atoms with Crippen molar-refractivity contribution in [1.82, 2.24) is 4.90 Å². The van der Waals surface area contributed by atoms with Gasteiger partial charge in [-0.05, 0) is 19.3 Å². The van der Waals surface area contributed by atoms with E-state index in [0.717, 1.165) is 25.8 Å². The number of piperidine rings is 1. The molecule has 1 saturated heterocycles. The van der Waals surface area contributed by atoms with Crippen molar-refractivity contribution in [3.8, 4) is 0 Å². The first-order valence-electron chi connectivity index (χ1n) is 5.48. The highest BCUT2D eigenvalue weighted by Gasteiger charge is 2.24. The van der Waals surface area contributed by atoms with E-state index in [0.29, 0.717) is 19.8 Å². The van der Waals surface area contributed by atoms with Crippen molar-refractivity contribution >= 4 is 5.91 Å². The second-order valence-electron chi connectivity index (χ2n) is 3.76. The molecule has 2 N–H and O–H groups in total. The lowest BCUT2D eigenvalue weighted by molar-refractivity contribution is -0.135. The number of nitrogens with zero attached hydrogens (tertiary/aromatic N) is 1. The molecular formula is C11H20N2O2. The number of rotatable bonds is 6. The molecule has 0 radical (unpaired) electrons. The van der Waals surface area contributed by atoms with Gasteiger partial charge in [0.1, 0.15) is 0 Å². The van der Waals surface area contributed by atoms with Crippen LogP contribution in [-0.2, 0) is 9.53 Å². The zero-order valence-electron chi connectivity index (χ0n) is 9.15. The van der Waals surface area contributed by atoms with Gasteiger partial charge in [-0.15, -0.1) is 6.58 Å². The quantitative estimate of drug-likeness (QED) is 0.516. The first kappa shape index (κ1) is 12.2. The summed E-state index contributed by atoms with van der Waals surface area (Å²) in [4.78, 5) is 13.4. The molecule has 0 aromatic carbocycles. The first-order chi connectivity index (χ1) is 7.25. The number of hydrogen-bond donors (Lipinski definition) is 1. The molecule has 0 saturated carbocycles. The Kier molecular flexibility index (Phi) is 5.36. The van der Waals surface area contributed by atoms with Crippen LogP contribution in [0.2, 0.25) is 0 Å². The number of likely N-dealkylation sites (tertiary alicyclic amines) is 1. The van der Waals surface area contributed by atoms with Gasteiger partial charge in [0, 0.05) is 13.1 Å². The predicted octanol–water partition coefficient (Wildman–Crippen LogP) is 0.529. The summed E-state index contributed by atoms with van der Waals surface area (Å²) in [5.74, 6) is 0.0635. The molecule has 1 aliphatic rings. The Morgan fingerprint density at radius 2 is 2.40 bits per heavy atom. The minimum Gasteiger partial charge on any atom is -0.379 e. The Morgan fingerprint density at radius 1 is 1.60 bits per heavy atom. The highest BCUT2D eigenvalue weighted by molar-refractivity contribution is 5.82. The van der Waals surface area contributed by atoms with E-state index in [1.165, 1.54) is 0 Å². The maximum atomic E-state index is 11.6. The van der Waals surface area contributed by atoms with Gasteiger partial charge in [0.2, 0.25) is 5.91 Å². The van der Waals surface area contributed by atoms with E-state index in [1.54, 1.807) is 4.90 Å². The van der Waals surface area contributed by atoms with Gasteiger partial charge in [0.15, 0.2) is 0 Å². The number of amides is 1. The summed E-state index contributed by atoms with van der Waals surface area (Å²) in [6, 6.07) is -0.299. The van der Waals surface area contributed by atoms with Crippen molar-refractivity contribution in [3.63, 3.8) is 0 Å². The molecule has 1 unspecified atom stereocenters. The fraction of sp³-hybridized carbons (Fsp3) is 0.727. The smallest absolute Gasteiger partial charge is 0.239 e. The number of carbonyl (C=O) groups excluding carboxylic acids is 1. The molecule has 86 valence electrons. The van der Waals surface area contributed by atoms with Crippen LogP contribution >= 0.6 is 0 Å². The summed E-state index contributed by atoms with van der Waals surface area (Å²) in [5.41, 5.74) is 5.68. The largest absolute Gasteiger partial charge is 0.379 e. The zero-order chi connectivity index (χ0) is 11.1. The van der Waals surface area contributed by atoms with Crippen LogP contribution in [0.4, 0.5) is 0 Å². The second-order valence-corrected chi connectivity index (χ2v) is 3.76. The van der Waals surface area contributed by atoms with Crippen molar-refractivity contribution in [2.75, 3.05) is 26.3 Å². The minimum absolute atomic E-state index is 0.0635. The maximum Gasteiger partial charge on any atom is 0.239 e. The molecule has 0 aromatic rings. The van der Waals surface area contributed by atoms with E-state index in [2.05, 4.69) is 6.58 Å². The van der Waals surface area contributed by atoms with Gasteiger partial charge in [-0.1, -0.05) is 6.08 Å². The van der Waals surface area contributed by atoms with E-state index < -0.39 is 0 Å². The summed E-state index contributed by atoms with van der Waals surface area (Å²) in [5, 5.41) is 0. The molecule has 4 heteroatoms. The Morgan fingerprint density at radius 3 is 3.13 bits per heavy atom. The zero-order valence-corrected chi connectivity index (χ0v) is 9.15. The lowest BCUT2D eigenvalue weighted by atomic mass is 10.1. The summed E-state index contributed by atoms with van der Waals surface area (Å²) in [6.07, 6.45) is 4.49. The monoisotopic (exact) mass is 212 g/mol. The Balaban J connectivity index is 2.14. The van der Waals surface area contributed by atoms with Gasteiger partial charge in [-0.2, -0.15) is 0 Å². The van der Waals surface area contributed by atoms with E-state index in [4.69, 9.17) is 10.5 Å². The Labute approximate surface area is 91.1 Å². The summed E-state index contributed by atoms with van der Waals surface area (Å²) < 4.78 is 5.35. The summed E-state index contributed by atoms with van der Waals surface area (Å²) >= 11 is 0. The number of ether oxygens (including phenoxy) is 1. The molecule has 0 spiro atoms. The third-order valence-electron chi connectivity index (χ3n) is 2.54. The average Bonchev–Trinajstić information content (AvgIpc) is 2.24. The maximum absolute atomic E-state index is 11.6. The van der Waals surface area contributed by atoms with Crippen LogP contribution < -0.4 is 5.73 Å². The molecule has 0 aliphatic carbocycles. The van der Waals surface area contributed by atoms with Crippen molar-refractivity contribution in [3.05, 3.63) is 12.7 Å². The fourth-order valence-electron chi connectivity index (χ4n) is 1.64. The predicted molar refractivity (Wildman–Crippen MR) is 59.4 cm³/mol. The standard InChI is InChI=1S/C11H20N2O2/c1-2-3-8-15-9-7-13-6-4-5-10(12)11(13)14/h2,10H,1,3-9,12H2. The fourth-order valence-corrected chi connectivity index (χ4v) is 1.64. The van der Waals surface area contributed by atoms with Gasteiger partial charge < -0.3 is 15.4 Å².